The molecule has 1 atom stereocenters. The number of alkyl halides is 5. The quantitative estimate of drug-likeness (QED) is 0.207. The number of hydrogen-bond acceptors (Lipinski definition) is 4. The van der Waals surface area contributed by atoms with Crippen LogP contribution in [0.25, 0.3) is 11.1 Å². The Morgan fingerprint density at radius 2 is 1.46 bits per heavy atom. The molecule has 0 saturated carbocycles. The van der Waals surface area contributed by atoms with Crippen LogP contribution in [0.4, 0.5) is 27.6 Å². The molecular weight excluding hydrogens is 549 g/mol. The molecule has 12 heteroatoms. The van der Waals surface area contributed by atoms with Crippen LogP contribution in [-0.2, 0) is 25.7 Å². The molecule has 0 radical (unpaired) electrons. The maximum Gasteiger partial charge on any atom is 0.455 e. The fourth-order valence-corrected chi connectivity index (χ4v) is 4.36. The highest BCUT2D eigenvalue weighted by atomic mass is 19.4. The van der Waals surface area contributed by atoms with Gasteiger partial charge in [-0.3, -0.25) is 14.4 Å². The first-order valence-corrected chi connectivity index (χ1v) is 12.6. The number of ether oxygens (including phenoxy) is 1. The third-order valence-electron chi connectivity index (χ3n) is 6.39. The Morgan fingerprint density at radius 3 is 2.17 bits per heavy atom. The molecule has 7 nitrogen and oxygen atoms in total. The fraction of sp³-hybridized carbons (Fsp3) is 0.276. The van der Waals surface area contributed by atoms with E-state index in [1.807, 2.05) is 36.4 Å². The zero-order valence-electron chi connectivity index (χ0n) is 21.6. The largest absolute Gasteiger partial charge is 0.455 e. The van der Waals surface area contributed by atoms with Crippen LogP contribution in [0, 0.1) is 0 Å². The van der Waals surface area contributed by atoms with Gasteiger partial charge in [-0.2, -0.15) is 22.0 Å². The number of carbonyl (C=O) groups excluding carboxylic acids is 3. The van der Waals surface area contributed by atoms with Crippen molar-refractivity contribution in [3.63, 3.8) is 0 Å². The van der Waals surface area contributed by atoms with Crippen LogP contribution in [-0.4, -0.2) is 49.5 Å². The van der Waals surface area contributed by atoms with E-state index >= 15 is 0 Å². The van der Waals surface area contributed by atoms with Crippen LogP contribution < -0.4 is 15.5 Å². The van der Waals surface area contributed by atoms with Crippen molar-refractivity contribution in [2.24, 2.45) is 0 Å². The van der Waals surface area contributed by atoms with Gasteiger partial charge in [0.15, 0.2) is 0 Å². The molecule has 0 saturated heterocycles. The Labute approximate surface area is 232 Å². The van der Waals surface area contributed by atoms with Gasteiger partial charge in [0.1, 0.15) is 12.5 Å². The zero-order chi connectivity index (χ0) is 29.6. The van der Waals surface area contributed by atoms with Gasteiger partial charge < -0.3 is 20.3 Å². The average Bonchev–Trinajstić information content (AvgIpc) is 3.03. The first-order valence-electron chi connectivity index (χ1n) is 12.6. The van der Waals surface area contributed by atoms with Gasteiger partial charge in [-0.15, -0.1) is 0 Å². The van der Waals surface area contributed by atoms with Crippen LogP contribution in [0.3, 0.4) is 0 Å². The third kappa shape index (κ3) is 7.07. The number of amides is 3. The highest BCUT2D eigenvalue weighted by Gasteiger charge is 2.57. The summed E-state index contributed by atoms with van der Waals surface area (Å²) < 4.78 is 69.3. The molecular formula is C29H26F5N3O4. The van der Waals surface area contributed by atoms with Gasteiger partial charge in [-0.25, -0.2) is 0 Å². The Balaban J connectivity index is 1.51. The van der Waals surface area contributed by atoms with Crippen molar-refractivity contribution in [2.45, 2.75) is 31.2 Å². The van der Waals surface area contributed by atoms with Crippen molar-refractivity contribution in [2.75, 3.05) is 24.6 Å². The van der Waals surface area contributed by atoms with E-state index in [-0.39, 0.29) is 13.2 Å². The van der Waals surface area contributed by atoms with Gasteiger partial charge in [0.25, 0.3) is 5.91 Å². The monoisotopic (exact) mass is 575 g/mol. The minimum Gasteiger partial charge on any atom is -0.375 e. The lowest BCUT2D eigenvalue weighted by molar-refractivity contribution is -0.278. The van der Waals surface area contributed by atoms with Crippen molar-refractivity contribution < 1.29 is 41.1 Å². The number of para-hydroxylation sites is 1. The average molecular weight is 576 g/mol. The molecule has 1 aliphatic heterocycles. The zero-order valence-corrected chi connectivity index (χ0v) is 21.6. The molecule has 0 aromatic heterocycles. The molecule has 3 aromatic carbocycles. The molecule has 4 rings (SSSR count). The third-order valence-corrected chi connectivity index (χ3v) is 6.39. The Bertz CT molecular complexity index is 1400. The SMILES string of the molecule is O=C(CC(=O)N[C@@H]1C(=O)N(CCOCc2ccccc2)c2ccccc2-c2ccccc21)NCC(F)(F)C(F)(F)F. The number of halogens is 5. The van der Waals surface area contributed by atoms with Crippen LogP contribution in [0.5, 0.6) is 0 Å². The van der Waals surface area contributed by atoms with Gasteiger partial charge in [-0.05, 0) is 22.8 Å². The topological polar surface area (TPSA) is 87.7 Å². The Kier molecular flexibility index (Phi) is 9.01. The lowest BCUT2D eigenvalue weighted by Crippen LogP contribution is -2.48. The number of carbonyl (C=O) groups is 3. The maximum absolute atomic E-state index is 13.9. The predicted octanol–water partition coefficient (Wildman–Crippen LogP) is 4.78. The molecule has 0 unspecified atom stereocenters. The standard InChI is InChI=1S/C29H26F5N3O4/c30-28(31,29(32,33)34)18-35-24(38)16-25(39)36-26-22-12-5-4-10-20(22)21-11-6-7-13-23(21)37(27(26)40)14-15-41-17-19-8-2-1-3-9-19/h1-13,26H,14-18H2,(H,35,38)(H,36,39)/t26-/m0/s1. The van der Waals surface area contributed by atoms with E-state index in [1.165, 1.54) is 10.2 Å². The lowest BCUT2D eigenvalue weighted by atomic mass is 9.95. The second kappa shape index (κ2) is 12.5. The second-order valence-electron chi connectivity index (χ2n) is 9.29. The highest BCUT2D eigenvalue weighted by molar-refractivity contribution is 6.07. The van der Waals surface area contributed by atoms with E-state index in [9.17, 15) is 36.3 Å². The molecule has 1 aliphatic rings. The lowest BCUT2D eigenvalue weighted by Gasteiger charge is -2.26. The van der Waals surface area contributed by atoms with Crippen molar-refractivity contribution in [3.8, 4) is 11.1 Å². The van der Waals surface area contributed by atoms with Crippen molar-refractivity contribution >= 4 is 23.4 Å². The van der Waals surface area contributed by atoms with Gasteiger partial charge in [0.2, 0.25) is 11.8 Å². The van der Waals surface area contributed by atoms with Gasteiger partial charge in [0.05, 0.1) is 25.4 Å². The van der Waals surface area contributed by atoms with Crippen LogP contribution in [0.1, 0.15) is 23.6 Å². The number of hydrogen-bond donors (Lipinski definition) is 2. The number of benzene rings is 3. The first kappa shape index (κ1) is 29.7. The summed E-state index contributed by atoms with van der Waals surface area (Å²) >= 11 is 0. The van der Waals surface area contributed by atoms with E-state index in [2.05, 4.69) is 5.32 Å². The maximum atomic E-state index is 13.9. The summed E-state index contributed by atoms with van der Waals surface area (Å²) in [6.45, 7) is -1.43. The van der Waals surface area contributed by atoms with E-state index < -0.39 is 48.8 Å². The Hall–Kier alpha value is -4.32. The first-order chi connectivity index (χ1) is 19.5. The second-order valence-corrected chi connectivity index (χ2v) is 9.29. The van der Waals surface area contributed by atoms with E-state index in [0.717, 1.165) is 5.56 Å². The normalized spacial score (nSPS) is 15.0. The van der Waals surface area contributed by atoms with Gasteiger partial charge >= 0.3 is 12.1 Å². The molecule has 3 amide bonds. The smallest absolute Gasteiger partial charge is 0.375 e. The van der Waals surface area contributed by atoms with E-state index in [4.69, 9.17) is 4.74 Å². The number of anilines is 1. The molecule has 41 heavy (non-hydrogen) atoms. The van der Waals surface area contributed by atoms with Crippen LogP contribution in [0.2, 0.25) is 0 Å². The fourth-order valence-electron chi connectivity index (χ4n) is 4.36. The van der Waals surface area contributed by atoms with Crippen molar-refractivity contribution in [1.29, 1.82) is 0 Å². The molecule has 0 bridgehead atoms. The summed E-state index contributed by atoms with van der Waals surface area (Å²) in [5.41, 5.74) is 3.29. The van der Waals surface area contributed by atoms with Crippen LogP contribution in [0.15, 0.2) is 78.9 Å². The summed E-state index contributed by atoms with van der Waals surface area (Å²) in [7, 11) is 0. The minimum atomic E-state index is -5.86. The minimum absolute atomic E-state index is 0.121. The van der Waals surface area contributed by atoms with E-state index in [0.29, 0.717) is 29.0 Å². The van der Waals surface area contributed by atoms with E-state index in [1.54, 1.807) is 42.5 Å². The number of nitrogens with zero attached hydrogens (tertiary/aromatic N) is 1. The number of rotatable bonds is 10. The van der Waals surface area contributed by atoms with Gasteiger partial charge in [-0.1, -0.05) is 72.8 Å². The summed E-state index contributed by atoms with van der Waals surface area (Å²) in [6, 6.07) is 22.1. The summed E-state index contributed by atoms with van der Waals surface area (Å²) in [4.78, 5) is 40.1. The number of fused-ring (bicyclic) bond motifs is 3. The molecule has 1 heterocycles. The summed E-state index contributed by atoms with van der Waals surface area (Å²) in [5.74, 6) is -8.08. The van der Waals surface area contributed by atoms with Crippen LogP contribution >= 0.6 is 0 Å². The molecule has 0 aliphatic carbocycles. The van der Waals surface area contributed by atoms with Crippen molar-refractivity contribution in [3.05, 3.63) is 90.0 Å². The van der Waals surface area contributed by atoms with Crippen molar-refractivity contribution in [1.82, 2.24) is 10.6 Å². The highest BCUT2D eigenvalue weighted by Crippen LogP contribution is 2.40. The van der Waals surface area contributed by atoms with Gasteiger partial charge in [0, 0.05) is 12.1 Å². The Morgan fingerprint density at radius 1 is 0.829 bits per heavy atom. The molecule has 0 fully saturated rings. The molecule has 2 N–H and O–H groups in total. The number of nitrogens with one attached hydrogen (secondary N) is 2. The molecule has 3 aromatic rings. The summed E-state index contributed by atoms with van der Waals surface area (Å²) in [5, 5.41) is 3.89. The summed E-state index contributed by atoms with van der Waals surface area (Å²) in [6.07, 6.45) is -6.92. The molecule has 216 valence electrons. The molecule has 0 spiro atoms. The predicted molar refractivity (Wildman–Crippen MR) is 140 cm³/mol.